The molecule has 0 unspecified atom stereocenters. The number of benzene rings is 2. The van der Waals surface area contributed by atoms with E-state index in [1.54, 1.807) is 12.3 Å². The predicted molar refractivity (Wildman–Crippen MR) is 95.8 cm³/mol. The first-order chi connectivity index (χ1) is 12.5. The summed E-state index contributed by atoms with van der Waals surface area (Å²) in [5, 5.41) is 21.1. The fourth-order valence-corrected chi connectivity index (χ4v) is 3.93. The van der Waals surface area contributed by atoms with Crippen LogP contribution in [0, 0.1) is 0 Å². The van der Waals surface area contributed by atoms with E-state index in [4.69, 9.17) is 0 Å². The number of aromatic hydroxyl groups is 2. The van der Waals surface area contributed by atoms with Crippen molar-refractivity contribution in [2.75, 3.05) is 0 Å². The molecule has 130 valence electrons. The summed E-state index contributed by atoms with van der Waals surface area (Å²) in [7, 11) is 1.88. The van der Waals surface area contributed by atoms with Crippen LogP contribution in [0.4, 0.5) is 0 Å². The van der Waals surface area contributed by atoms with E-state index >= 15 is 0 Å². The number of fused-ring (bicyclic) bond motifs is 2. The number of aryl methyl sites for hydroxylation is 1. The summed E-state index contributed by atoms with van der Waals surface area (Å²) >= 11 is 1.46. The van der Waals surface area contributed by atoms with Crippen LogP contribution in [-0.4, -0.2) is 31.3 Å². The van der Waals surface area contributed by atoms with Crippen molar-refractivity contribution in [3.8, 4) is 11.5 Å². The average molecular weight is 366 g/mol. The van der Waals surface area contributed by atoms with Crippen molar-refractivity contribution < 1.29 is 19.8 Å². The Hall–Kier alpha value is -3.06. The smallest absolute Gasteiger partial charge is 0.201 e. The van der Waals surface area contributed by atoms with Crippen LogP contribution in [0.3, 0.4) is 0 Å². The Kier molecular flexibility index (Phi) is 3.81. The Bertz CT molecular complexity index is 1070. The lowest BCUT2D eigenvalue weighted by atomic mass is 9.82. The van der Waals surface area contributed by atoms with Gasteiger partial charge in [-0.3, -0.25) is 9.59 Å². The average Bonchev–Trinajstić information content (AvgIpc) is 3.02. The van der Waals surface area contributed by atoms with Gasteiger partial charge in [-0.15, -0.1) is 0 Å². The predicted octanol–water partition coefficient (Wildman–Crippen LogP) is 2.90. The van der Waals surface area contributed by atoms with Crippen LogP contribution >= 0.6 is 11.8 Å². The number of ketones is 2. The number of thioether (sulfide) groups is 1. The molecule has 6 nitrogen and oxygen atoms in total. The van der Waals surface area contributed by atoms with Crippen LogP contribution in [0.15, 0.2) is 47.9 Å². The van der Waals surface area contributed by atoms with Gasteiger partial charge in [-0.2, -0.15) is 0 Å². The molecule has 0 fully saturated rings. The molecule has 0 radical (unpaired) electrons. The fourth-order valence-electron chi connectivity index (χ4n) is 3.06. The third-order valence-corrected chi connectivity index (χ3v) is 5.44. The largest absolute Gasteiger partial charge is 0.507 e. The number of carbonyl (C=O) groups is 2. The van der Waals surface area contributed by atoms with Crippen molar-refractivity contribution >= 4 is 23.3 Å². The number of carbonyl (C=O) groups excluding carboxylic acids is 2. The molecule has 0 amide bonds. The molecule has 0 bridgehead atoms. The second-order valence-electron chi connectivity index (χ2n) is 6.00. The quantitative estimate of drug-likeness (QED) is 0.542. The molecule has 0 atom stereocenters. The van der Waals surface area contributed by atoms with Gasteiger partial charge in [-0.05, 0) is 23.8 Å². The van der Waals surface area contributed by atoms with E-state index in [-0.39, 0.29) is 39.5 Å². The molecular weight excluding hydrogens is 352 g/mol. The van der Waals surface area contributed by atoms with Gasteiger partial charge < -0.3 is 14.8 Å². The summed E-state index contributed by atoms with van der Waals surface area (Å²) in [6.07, 6.45) is 3.52. The van der Waals surface area contributed by atoms with E-state index < -0.39 is 5.78 Å². The van der Waals surface area contributed by atoms with Gasteiger partial charge in [0.15, 0.2) is 10.9 Å². The van der Waals surface area contributed by atoms with Gasteiger partial charge in [0.2, 0.25) is 5.78 Å². The van der Waals surface area contributed by atoms with Gasteiger partial charge in [-0.1, -0.05) is 23.9 Å². The van der Waals surface area contributed by atoms with E-state index in [9.17, 15) is 19.8 Å². The number of phenols is 2. The van der Waals surface area contributed by atoms with Crippen molar-refractivity contribution in [2.24, 2.45) is 7.05 Å². The summed E-state index contributed by atoms with van der Waals surface area (Å²) in [6.45, 7) is 0. The van der Waals surface area contributed by atoms with Gasteiger partial charge in [0, 0.05) is 36.3 Å². The Morgan fingerprint density at radius 3 is 2.54 bits per heavy atom. The molecule has 3 aromatic rings. The van der Waals surface area contributed by atoms with E-state index in [0.29, 0.717) is 11.3 Å². The highest BCUT2D eigenvalue weighted by Crippen LogP contribution is 2.37. The molecular formula is C19H14N2O4S. The Morgan fingerprint density at radius 1 is 1.04 bits per heavy atom. The summed E-state index contributed by atoms with van der Waals surface area (Å²) < 4.78 is 1.87. The summed E-state index contributed by atoms with van der Waals surface area (Å²) in [4.78, 5) is 29.7. The third-order valence-electron chi connectivity index (χ3n) is 4.31. The fraction of sp³-hybridized carbons (Fsp3) is 0.105. The number of rotatable bonds is 3. The van der Waals surface area contributed by atoms with E-state index in [1.807, 2.05) is 17.8 Å². The molecule has 1 aromatic heterocycles. The summed E-state index contributed by atoms with van der Waals surface area (Å²) in [5.41, 5.74) is 0.892. The summed E-state index contributed by atoms with van der Waals surface area (Å²) in [6, 6.07) is 7.47. The molecule has 0 saturated heterocycles. The minimum absolute atomic E-state index is 0.0598. The second-order valence-corrected chi connectivity index (χ2v) is 6.95. The maximum Gasteiger partial charge on any atom is 0.201 e. The maximum absolute atomic E-state index is 12.8. The molecule has 1 heterocycles. The van der Waals surface area contributed by atoms with Gasteiger partial charge >= 0.3 is 0 Å². The monoisotopic (exact) mass is 366 g/mol. The lowest BCUT2D eigenvalue weighted by molar-refractivity contribution is 0.0974. The van der Waals surface area contributed by atoms with Gasteiger partial charge in [0.05, 0.1) is 11.1 Å². The molecule has 0 saturated carbocycles. The van der Waals surface area contributed by atoms with Crippen molar-refractivity contribution in [3.63, 3.8) is 0 Å². The van der Waals surface area contributed by atoms with Crippen LogP contribution in [0.2, 0.25) is 0 Å². The van der Waals surface area contributed by atoms with Crippen molar-refractivity contribution in [2.45, 2.75) is 10.9 Å². The molecule has 4 rings (SSSR count). The molecule has 2 aromatic carbocycles. The van der Waals surface area contributed by atoms with Crippen molar-refractivity contribution in [1.82, 2.24) is 9.55 Å². The zero-order valence-corrected chi connectivity index (χ0v) is 14.6. The van der Waals surface area contributed by atoms with E-state index in [1.165, 1.54) is 36.0 Å². The highest BCUT2D eigenvalue weighted by Gasteiger charge is 2.34. The van der Waals surface area contributed by atoms with Crippen molar-refractivity contribution in [1.29, 1.82) is 0 Å². The van der Waals surface area contributed by atoms with Crippen LogP contribution in [0.25, 0.3) is 0 Å². The summed E-state index contributed by atoms with van der Waals surface area (Å²) in [5.74, 6) is -0.969. The highest BCUT2D eigenvalue weighted by atomic mass is 32.2. The first kappa shape index (κ1) is 16.4. The van der Waals surface area contributed by atoms with Crippen molar-refractivity contribution in [3.05, 3.63) is 70.5 Å². The lowest BCUT2D eigenvalue weighted by Gasteiger charge is -2.20. The molecule has 0 spiro atoms. The molecule has 26 heavy (non-hydrogen) atoms. The molecule has 1 aliphatic carbocycles. The Balaban J connectivity index is 1.75. The second kappa shape index (κ2) is 6.03. The van der Waals surface area contributed by atoms with Gasteiger partial charge in [-0.25, -0.2) is 4.98 Å². The minimum atomic E-state index is -0.548. The third kappa shape index (κ3) is 2.48. The number of aromatic nitrogens is 2. The minimum Gasteiger partial charge on any atom is -0.507 e. The standard InChI is InChI=1S/C19H14N2O4S/c1-21-6-5-20-19(21)26-9-10-7-12-16(14(23)8-10)18(25)15-11(17(12)24)3-2-4-13(15)22/h2-8,22-23H,9H2,1H3. The first-order valence-electron chi connectivity index (χ1n) is 7.84. The van der Waals surface area contributed by atoms with Gasteiger partial charge in [0.25, 0.3) is 0 Å². The Morgan fingerprint density at radius 2 is 1.81 bits per heavy atom. The lowest BCUT2D eigenvalue weighted by Crippen LogP contribution is -2.21. The number of imidazole rings is 1. The van der Waals surface area contributed by atoms with Crippen LogP contribution in [0.1, 0.15) is 37.4 Å². The molecule has 2 N–H and O–H groups in total. The zero-order chi connectivity index (χ0) is 18.4. The molecule has 1 aliphatic rings. The molecule has 7 heteroatoms. The van der Waals surface area contributed by atoms with Crippen LogP contribution in [0.5, 0.6) is 11.5 Å². The highest BCUT2D eigenvalue weighted by molar-refractivity contribution is 7.98. The van der Waals surface area contributed by atoms with Gasteiger partial charge in [0.1, 0.15) is 11.5 Å². The number of hydrogen-bond donors (Lipinski definition) is 2. The SMILES string of the molecule is Cn1ccnc1SCc1cc(O)c2c(c1)C(=O)c1cccc(O)c1C2=O. The number of nitrogens with zero attached hydrogens (tertiary/aromatic N) is 2. The van der Waals surface area contributed by atoms with E-state index in [0.717, 1.165) is 5.16 Å². The normalized spacial score (nSPS) is 12.8. The maximum atomic E-state index is 12.8. The first-order valence-corrected chi connectivity index (χ1v) is 8.83. The topological polar surface area (TPSA) is 92.4 Å². The van der Waals surface area contributed by atoms with E-state index in [2.05, 4.69) is 4.98 Å². The zero-order valence-electron chi connectivity index (χ0n) is 13.8. The van der Waals surface area contributed by atoms with Crippen LogP contribution in [-0.2, 0) is 12.8 Å². The Labute approximate surface area is 153 Å². The molecule has 0 aliphatic heterocycles. The number of hydrogen-bond acceptors (Lipinski definition) is 6. The number of phenolic OH excluding ortho intramolecular Hbond substituents is 2. The van der Waals surface area contributed by atoms with Crippen LogP contribution < -0.4 is 0 Å².